The van der Waals surface area contributed by atoms with E-state index in [-0.39, 0.29) is 6.10 Å². The van der Waals surface area contributed by atoms with Crippen LogP contribution in [0.15, 0.2) is 0 Å². The van der Waals surface area contributed by atoms with Crippen LogP contribution < -0.4 is 0 Å². The van der Waals surface area contributed by atoms with Crippen LogP contribution in [0.5, 0.6) is 0 Å². The monoisotopic (exact) mass is 176 g/mol. The Morgan fingerprint density at radius 3 is 2.36 bits per heavy atom. The van der Waals surface area contributed by atoms with E-state index in [4.69, 9.17) is 0 Å². The molecule has 0 bridgehead atoms. The third kappa shape index (κ3) is 6.70. The van der Waals surface area contributed by atoms with Gasteiger partial charge in [0, 0.05) is 0 Å². The Morgan fingerprint density at radius 2 is 2.00 bits per heavy atom. The molecule has 11 heavy (non-hydrogen) atoms. The van der Waals surface area contributed by atoms with Crippen molar-refractivity contribution < 1.29 is 5.11 Å². The first-order valence-electron chi connectivity index (χ1n) is 4.15. The van der Waals surface area contributed by atoms with Gasteiger partial charge in [-0.1, -0.05) is 13.8 Å². The van der Waals surface area contributed by atoms with Crippen molar-refractivity contribution in [1.29, 1.82) is 0 Å². The molecule has 68 valence electrons. The molecule has 0 saturated heterocycles. The molecule has 0 amide bonds. The topological polar surface area (TPSA) is 20.2 Å². The third-order valence-electron chi connectivity index (χ3n) is 1.83. The second-order valence-corrected chi connectivity index (χ2v) is 4.95. The van der Waals surface area contributed by atoms with E-state index in [9.17, 15) is 5.11 Å². The zero-order valence-corrected chi connectivity index (χ0v) is 8.87. The average Bonchev–Trinajstić information content (AvgIpc) is 1.81. The van der Waals surface area contributed by atoms with Crippen LogP contribution in [0.4, 0.5) is 0 Å². The summed E-state index contributed by atoms with van der Waals surface area (Å²) in [5, 5.41) is 9.18. The highest BCUT2D eigenvalue weighted by molar-refractivity contribution is 7.98. The van der Waals surface area contributed by atoms with Crippen molar-refractivity contribution in [2.45, 2.75) is 39.7 Å². The van der Waals surface area contributed by atoms with E-state index in [1.54, 1.807) is 0 Å². The molecule has 0 aromatic heterocycles. The van der Waals surface area contributed by atoms with E-state index >= 15 is 0 Å². The molecule has 0 aliphatic heterocycles. The van der Waals surface area contributed by atoms with Crippen LogP contribution in [-0.2, 0) is 0 Å². The lowest BCUT2D eigenvalue weighted by Crippen LogP contribution is -2.19. The molecule has 0 fully saturated rings. The summed E-state index contributed by atoms with van der Waals surface area (Å²) in [6, 6.07) is 0. The number of aliphatic hydroxyl groups is 1. The SMILES string of the molecule is CSCCC(C)(C)CC(C)O. The lowest BCUT2D eigenvalue weighted by atomic mass is 9.84. The summed E-state index contributed by atoms with van der Waals surface area (Å²) in [7, 11) is 0. The number of thioether (sulfide) groups is 1. The molecule has 0 spiro atoms. The predicted octanol–water partition coefficient (Wildman–Crippen LogP) is 2.54. The minimum Gasteiger partial charge on any atom is -0.393 e. The molecule has 1 N–H and O–H groups in total. The van der Waals surface area contributed by atoms with Crippen LogP contribution in [-0.4, -0.2) is 23.2 Å². The van der Waals surface area contributed by atoms with Gasteiger partial charge in [0.25, 0.3) is 0 Å². The van der Waals surface area contributed by atoms with Crippen molar-refractivity contribution in [3.63, 3.8) is 0 Å². The Kier molecular flexibility index (Phi) is 5.19. The lowest BCUT2D eigenvalue weighted by molar-refractivity contribution is 0.128. The lowest BCUT2D eigenvalue weighted by Gasteiger charge is -2.25. The molecule has 1 atom stereocenters. The van der Waals surface area contributed by atoms with Gasteiger partial charge in [-0.05, 0) is 37.2 Å². The van der Waals surface area contributed by atoms with E-state index in [1.165, 1.54) is 12.2 Å². The summed E-state index contributed by atoms with van der Waals surface area (Å²) >= 11 is 1.87. The first kappa shape index (κ1) is 11.3. The summed E-state index contributed by atoms with van der Waals surface area (Å²) in [6.07, 6.45) is 4.07. The second-order valence-electron chi connectivity index (χ2n) is 3.96. The predicted molar refractivity (Wildman–Crippen MR) is 53.1 cm³/mol. The fourth-order valence-electron chi connectivity index (χ4n) is 1.28. The Balaban J connectivity index is 3.61. The smallest absolute Gasteiger partial charge is 0.0517 e. The molecule has 0 aliphatic carbocycles. The summed E-state index contributed by atoms with van der Waals surface area (Å²) in [6.45, 7) is 6.30. The standard InChI is InChI=1S/C9H20OS/c1-8(10)7-9(2,3)5-6-11-4/h8,10H,5-7H2,1-4H3. The molecule has 1 nitrogen and oxygen atoms in total. The first-order chi connectivity index (χ1) is 4.98. The normalized spacial score (nSPS) is 15.0. The van der Waals surface area contributed by atoms with Crippen molar-refractivity contribution in [2.24, 2.45) is 5.41 Å². The number of hydrogen-bond donors (Lipinski definition) is 1. The number of hydrogen-bond acceptors (Lipinski definition) is 2. The Hall–Kier alpha value is 0.310. The fraction of sp³-hybridized carbons (Fsp3) is 1.00. The average molecular weight is 176 g/mol. The third-order valence-corrected chi connectivity index (χ3v) is 2.44. The maximum Gasteiger partial charge on any atom is 0.0517 e. The van der Waals surface area contributed by atoms with Crippen LogP contribution in [0.3, 0.4) is 0 Å². The maximum atomic E-state index is 9.18. The molecule has 0 aromatic carbocycles. The maximum absolute atomic E-state index is 9.18. The summed E-state index contributed by atoms with van der Waals surface area (Å²) in [5.74, 6) is 1.19. The molecular formula is C9H20OS. The zero-order chi connectivity index (χ0) is 8.91. The highest BCUT2D eigenvalue weighted by Gasteiger charge is 2.19. The van der Waals surface area contributed by atoms with Gasteiger partial charge in [0.1, 0.15) is 0 Å². The Morgan fingerprint density at radius 1 is 1.45 bits per heavy atom. The quantitative estimate of drug-likeness (QED) is 0.694. The zero-order valence-electron chi connectivity index (χ0n) is 8.05. The molecule has 2 heteroatoms. The van der Waals surface area contributed by atoms with E-state index in [0.717, 1.165) is 6.42 Å². The van der Waals surface area contributed by atoms with Crippen molar-refractivity contribution in [2.75, 3.05) is 12.0 Å². The van der Waals surface area contributed by atoms with Gasteiger partial charge in [0.15, 0.2) is 0 Å². The number of rotatable bonds is 5. The highest BCUT2D eigenvalue weighted by atomic mass is 32.2. The van der Waals surface area contributed by atoms with Crippen LogP contribution in [0, 0.1) is 5.41 Å². The van der Waals surface area contributed by atoms with Crippen molar-refractivity contribution in [3.8, 4) is 0 Å². The molecular weight excluding hydrogens is 156 g/mol. The van der Waals surface area contributed by atoms with E-state index in [0.29, 0.717) is 5.41 Å². The van der Waals surface area contributed by atoms with Crippen LogP contribution in [0.1, 0.15) is 33.6 Å². The van der Waals surface area contributed by atoms with Gasteiger partial charge >= 0.3 is 0 Å². The van der Waals surface area contributed by atoms with Crippen molar-refractivity contribution >= 4 is 11.8 Å². The molecule has 1 unspecified atom stereocenters. The van der Waals surface area contributed by atoms with E-state index < -0.39 is 0 Å². The first-order valence-corrected chi connectivity index (χ1v) is 5.54. The summed E-state index contributed by atoms with van der Waals surface area (Å²) in [4.78, 5) is 0. The minimum atomic E-state index is -0.160. The van der Waals surface area contributed by atoms with Crippen LogP contribution in [0.25, 0.3) is 0 Å². The summed E-state index contributed by atoms with van der Waals surface area (Å²) < 4.78 is 0. The van der Waals surface area contributed by atoms with Crippen LogP contribution >= 0.6 is 11.8 Å². The van der Waals surface area contributed by atoms with Gasteiger partial charge < -0.3 is 5.11 Å². The van der Waals surface area contributed by atoms with Crippen molar-refractivity contribution in [1.82, 2.24) is 0 Å². The van der Waals surface area contributed by atoms with Crippen molar-refractivity contribution in [3.05, 3.63) is 0 Å². The highest BCUT2D eigenvalue weighted by Crippen LogP contribution is 2.27. The van der Waals surface area contributed by atoms with Gasteiger partial charge in [-0.15, -0.1) is 0 Å². The van der Waals surface area contributed by atoms with Gasteiger partial charge in [-0.2, -0.15) is 11.8 Å². The molecule has 0 rings (SSSR count). The molecule has 0 radical (unpaired) electrons. The van der Waals surface area contributed by atoms with Gasteiger partial charge in [0.05, 0.1) is 6.10 Å². The number of aliphatic hydroxyl groups excluding tert-OH is 1. The molecule has 0 saturated carbocycles. The molecule has 0 aliphatic rings. The summed E-state index contributed by atoms with van der Waals surface area (Å²) in [5.41, 5.74) is 0.303. The molecule has 0 heterocycles. The Bertz CT molecular complexity index is 99.7. The van der Waals surface area contributed by atoms with Gasteiger partial charge in [0.2, 0.25) is 0 Å². The largest absolute Gasteiger partial charge is 0.393 e. The Labute approximate surface area is 74.6 Å². The fourth-order valence-corrected chi connectivity index (χ4v) is 2.04. The van der Waals surface area contributed by atoms with E-state index in [1.807, 2.05) is 18.7 Å². The molecule has 0 aromatic rings. The van der Waals surface area contributed by atoms with E-state index in [2.05, 4.69) is 20.1 Å². The second kappa shape index (κ2) is 5.04. The van der Waals surface area contributed by atoms with Crippen LogP contribution in [0.2, 0.25) is 0 Å². The van der Waals surface area contributed by atoms with Gasteiger partial charge in [-0.3, -0.25) is 0 Å². The van der Waals surface area contributed by atoms with Gasteiger partial charge in [-0.25, -0.2) is 0 Å². The minimum absolute atomic E-state index is 0.160.